The van der Waals surface area contributed by atoms with Gasteiger partial charge in [-0.15, -0.1) is 0 Å². The molecule has 0 rings (SSSR count). The van der Waals surface area contributed by atoms with E-state index >= 15 is 0 Å². The molecule has 0 fully saturated rings. The second-order valence-electron chi connectivity index (χ2n) is 0.224. The van der Waals surface area contributed by atoms with Gasteiger partial charge in [0.25, 0.3) is 0 Å². The van der Waals surface area contributed by atoms with Crippen LogP contribution in [0.4, 0.5) is 0 Å². The van der Waals surface area contributed by atoms with Crippen molar-refractivity contribution in [2.45, 2.75) is 0 Å². The molecule has 0 spiro atoms. The Hall–Kier alpha value is 0.484. The summed E-state index contributed by atoms with van der Waals surface area (Å²) in [4.78, 5) is 8.25. The van der Waals surface area contributed by atoms with Crippen molar-refractivity contribution < 1.29 is 57.3 Å². The Kier molecular flexibility index (Phi) is 59.5. The van der Waals surface area contributed by atoms with Gasteiger partial charge in [0.1, 0.15) is 0 Å². The molecule has 0 aliphatic heterocycles. The standard InChI is InChI=1S/NO3.2H2O.Pr/c2-1(3)4;;;/h;2*1H2;/q-1;;;. The molecule has 0 aliphatic carbocycles. The molecule has 0 amide bonds. The molecule has 0 saturated heterocycles. The van der Waals surface area contributed by atoms with Crippen molar-refractivity contribution in [3.05, 3.63) is 15.3 Å². The van der Waals surface area contributed by atoms with E-state index in [-0.39, 0.29) is 52.2 Å². The quantitative estimate of drug-likeness (QED) is 0.361. The van der Waals surface area contributed by atoms with Gasteiger partial charge in [0.05, 0.1) is 5.09 Å². The molecule has 1 radical (unpaired) electrons. The maximum atomic E-state index is 8.25. The largest absolute Gasteiger partial charge is 0.412 e. The first kappa shape index (κ1) is 25.9. The minimum absolute atomic E-state index is 0. The van der Waals surface area contributed by atoms with E-state index < -0.39 is 5.09 Å². The molecular weight excluding hydrogens is 235 g/mol. The van der Waals surface area contributed by atoms with Crippen LogP contribution >= 0.6 is 0 Å². The zero-order valence-corrected chi connectivity index (χ0v) is 6.95. The molecule has 0 heterocycles. The number of hydrogen-bond donors (Lipinski definition) is 0. The van der Waals surface area contributed by atoms with Gasteiger partial charge < -0.3 is 26.3 Å². The SMILES string of the molecule is O.O.O=[N+]([O-])[O-].[Pr]. The summed E-state index contributed by atoms with van der Waals surface area (Å²) in [6.45, 7) is 0. The molecule has 4 N–H and O–H groups in total. The third-order valence-electron chi connectivity index (χ3n) is 0. The van der Waals surface area contributed by atoms with Gasteiger partial charge in [0.15, 0.2) is 0 Å². The van der Waals surface area contributed by atoms with Crippen molar-refractivity contribution in [2.75, 3.05) is 0 Å². The van der Waals surface area contributed by atoms with E-state index in [1.807, 2.05) is 0 Å². The Bertz CT molecular complexity index is 31.1. The van der Waals surface area contributed by atoms with E-state index in [0.29, 0.717) is 0 Å². The topological polar surface area (TPSA) is 129 Å². The predicted octanol–water partition coefficient (Wildman–Crippen LogP) is -1.89. The van der Waals surface area contributed by atoms with Gasteiger partial charge in [0, 0.05) is 41.3 Å². The molecule has 0 saturated carbocycles. The van der Waals surface area contributed by atoms with Crippen molar-refractivity contribution in [2.24, 2.45) is 0 Å². The Morgan fingerprint density at radius 1 is 1.14 bits per heavy atom. The molecule has 43 valence electrons. The number of rotatable bonds is 0. The summed E-state index contributed by atoms with van der Waals surface area (Å²) in [5.41, 5.74) is 0. The van der Waals surface area contributed by atoms with Crippen molar-refractivity contribution in [3.8, 4) is 0 Å². The minimum atomic E-state index is -1.75. The normalized spacial score (nSPS) is 3.43. The van der Waals surface area contributed by atoms with Gasteiger partial charge >= 0.3 is 0 Å². The van der Waals surface area contributed by atoms with Crippen LogP contribution in [-0.4, -0.2) is 16.0 Å². The summed E-state index contributed by atoms with van der Waals surface area (Å²) in [7, 11) is 0. The first-order valence-corrected chi connectivity index (χ1v) is 0.548. The first-order valence-electron chi connectivity index (χ1n) is 0.548. The van der Waals surface area contributed by atoms with Gasteiger partial charge in [-0.25, -0.2) is 0 Å². The number of hydrogen-bond acceptors (Lipinski definition) is 3. The third-order valence-corrected chi connectivity index (χ3v) is 0. The van der Waals surface area contributed by atoms with Gasteiger partial charge in [-0.05, 0) is 0 Å². The summed E-state index contributed by atoms with van der Waals surface area (Å²) in [5.74, 6) is 0. The average molecular weight is 239 g/mol. The molecular formula is H4NO5Pr-. The minimum Gasteiger partial charge on any atom is -0.412 e. The monoisotopic (exact) mass is 239 g/mol. The predicted molar refractivity (Wildman–Crippen MR) is 17.6 cm³/mol. The van der Waals surface area contributed by atoms with Crippen LogP contribution < -0.4 is 0 Å². The summed E-state index contributed by atoms with van der Waals surface area (Å²) < 4.78 is 0. The fraction of sp³-hybridized carbons (Fsp3) is 0. The fourth-order valence-electron chi connectivity index (χ4n) is 0. The Morgan fingerprint density at radius 3 is 1.14 bits per heavy atom. The fourth-order valence-corrected chi connectivity index (χ4v) is 0. The average Bonchev–Trinajstić information content (AvgIpc) is 0.811. The van der Waals surface area contributed by atoms with Crippen LogP contribution in [0.5, 0.6) is 0 Å². The second kappa shape index (κ2) is 16.1. The van der Waals surface area contributed by atoms with Crippen LogP contribution in [-0.2, 0) is 0 Å². The molecule has 0 aromatic rings. The maximum Gasteiger partial charge on any atom is 0.0689 e. The molecule has 7 heavy (non-hydrogen) atoms. The van der Waals surface area contributed by atoms with Crippen LogP contribution in [0.2, 0.25) is 0 Å². The van der Waals surface area contributed by atoms with Gasteiger partial charge in [-0.2, -0.15) is 0 Å². The van der Waals surface area contributed by atoms with Crippen LogP contribution in [0, 0.1) is 56.6 Å². The van der Waals surface area contributed by atoms with E-state index in [9.17, 15) is 0 Å². The zero-order valence-electron chi connectivity index (χ0n) is 3.25. The summed E-state index contributed by atoms with van der Waals surface area (Å²) in [5, 5.41) is 14.8. The summed E-state index contributed by atoms with van der Waals surface area (Å²) >= 11 is 0. The van der Waals surface area contributed by atoms with Gasteiger partial charge in [0.2, 0.25) is 0 Å². The second-order valence-corrected chi connectivity index (χ2v) is 0.224. The molecule has 0 atom stereocenters. The van der Waals surface area contributed by atoms with E-state index in [1.165, 1.54) is 0 Å². The van der Waals surface area contributed by atoms with Crippen molar-refractivity contribution in [1.82, 2.24) is 0 Å². The van der Waals surface area contributed by atoms with E-state index in [4.69, 9.17) is 15.3 Å². The van der Waals surface area contributed by atoms with Crippen LogP contribution in [0.1, 0.15) is 0 Å². The Morgan fingerprint density at radius 2 is 1.14 bits per heavy atom. The smallest absolute Gasteiger partial charge is 0.0689 e. The Balaban J connectivity index is -0.0000000150. The molecule has 6 nitrogen and oxygen atoms in total. The Labute approximate surface area is 72.2 Å². The van der Waals surface area contributed by atoms with Crippen LogP contribution in [0.25, 0.3) is 0 Å². The van der Waals surface area contributed by atoms with E-state index in [2.05, 4.69) is 0 Å². The van der Waals surface area contributed by atoms with Crippen molar-refractivity contribution >= 4 is 0 Å². The molecule has 7 heteroatoms. The molecule has 0 aromatic carbocycles. The maximum absolute atomic E-state index is 8.25. The third kappa shape index (κ3) is 557. The van der Waals surface area contributed by atoms with Crippen molar-refractivity contribution in [3.63, 3.8) is 0 Å². The number of nitrogens with zero attached hydrogens (tertiary/aromatic N) is 1. The first-order chi connectivity index (χ1) is 1.73. The van der Waals surface area contributed by atoms with E-state index in [1.54, 1.807) is 0 Å². The molecule has 0 unspecified atom stereocenters. The van der Waals surface area contributed by atoms with Gasteiger partial charge in [-0.1, -0.05) is 0 Å². The van der Waals surface area contributed by atoms with Crippen LogP contribution in [0.3, 0.4) is 0 Å². The van der Waals surface area contributed by atoms with Gasteiger partial charge in [-0.3, -0.25) is 0 Å². The van der Waals surface area contributed by atoms with Crippen molar-refractivity contribution in [1.29, 1.82) is 0 Å². The molecule has 0 aromatic heterocycles. The van der Waals surface area contributed by atoms with Crippen LogP contribution in [0.15, 0.2) is 0 Å². The van der Waals surface area contributed by atoms with E-state index in [0.717, 1.165) is 0 Å². The molecule has 0 bridgehead atoms. The summed E-state index contributed by atoms with van der Waals surface area (Å²) in [6, 6.07) is 0. The zero-order chi connectivity index (χ0) is 3.58. The molecule has 0 aliphatic rings. The summed E-state index contributed by atoms with van der Waals surface area (Å²) in [6.07, 6.45) is 0.